The lowest BCUT2D eigenvalue weighted by atomic mass is 9.78. The van der Waals surface area contributed by atoms with Crippen LogP contribution in [0, 0.1) is 17.2 Å². The molecule has 0 amide bonds. The van der Waals surface area contributed by atoms with Crippen LogP contribution in [0.5, 0.6) is 0 Å². The molecule has 0 saturated heterocycles. The van der Waals surface area contributed by atoms with E-state index in [9.17, 15) is 4.79 Å². The summed E-state index contributed by atoms with van der Waals surface area (Å²) in [5, 5.41) is 8.71. The zero-order valence-corrected chi connectivity index (χ0v) is 9.44. The highest BCUT2D eigenvalue weighted by molar-refractivity contribution is 5.86. The van der Waals surface area contributed by atoms with Crippen molar-refractivity contribution in [1.29, 1.82) is 5.26 Å². The van der Waals surface area contributed by atoms with E-state index in [0.29, 0.717) is 23.7 Å². The lowest BCUT2D eigenvalue weighted by Gasteiger charge is -2.25. The lowest BCUT2D eigenvalue weighted by molar-refractivity contribution is -0.123. The smallest absolute Gasteiger partial charge is 0.140 e. The van der Waals surface area contributed by atoms with Crippen LogP contribution in [0.2, 0.25) is 0 Å². The summed E-state index contributed by atoms with van der Waals surface area (Å²) < 4.78 is 0. The second-order valence-corrected chi connectivity index (χ2v) is 4.64. The average molecular weight is 213 g/mol. The maximum atomic E-state index is 11.9. The van der Waals surface area contributed by atoms with Gasteiger partial charge in [0.05, 0.1) is 11.6 Å². The molecule has 0 unspecified atom stereocenters. The molecule has 2 heteroatoms. The third-order valence-electron chi connectivity index (χ3n) is 3.33. The van der Waals surface area contributed by atoms with Crippen molar-refractivity contribution in [3.63, 3.8) is 0 Å². The molecule has 82 valence electrons. The largest absolute Gasteiger partial charge is 0.299 e. The van der Waals surface area contributed by atoms with Crippen molar-refractivity contribution in [2.75, 3.05) is 0 Å². The van der Waals surface area contributed by atoms with Crippen molar-refractivity contribution in [3.05, 3.63) is 35.4 Å². The molecule has 1 aromatic rings. The highest BCUT2D eigenvalue weighted by atomic mass is 16.1. The van der Waals surface area contributed by atoms with E-state index in [2.05, 4.69) is 13.0 Å². The number of hydrogen-bond donors (Lipinski definition) is 0. The Morgan fingerprint density at radius 3 is 2.50 bits per heavy atom. The van der Waals surface area contributed by atoms with Gasteiger partial charge in [0.25, 0.3) is 0 Å². The average Bonchev–Trinajstić information content (AvgIpc) is 2.29. The fourth-order valence-electron chi connectivity index (χ4n) is 2.34. The van der Waals surface area contributed by atoms with Crippen LogP contribution < -0.4 is 0 Å². The number of nitrogens with zero attached hydrogens (tertiary/aromatic N) is 1. The summed E-state index contributed by atoms with van der Waals surface area (Å²) in [5.74, 6) is 0.939. The first-order valence-electron chi connectivity index (χ1n) is 5.73. The Labute approximate surface area is 95.9 Å². The third-order valence-corrected chi connectivity index (χ3v) is 3.33. The van der Waals surface area contributed by atoms with Crippen molar-refractivity contribution in [2.45, 2.75) is 32.1 Å². The summed E-state index contributed by atoms with van der Waals surface area (Å²) in [5.41, 5.74) is 1.72. The number of ketones is 1. The SMILES string of the molecule is C[C@@H]1CC[C@H](c2ccc(C#N)cc2)C(=O)C1. The van der Waals surface area contributed by atoms with Crippen LogP contribution in [-0.2, 0) is 4.79 Å². The molecule has 1 saturated carbocycles. The Hall–Kier alpha value is -1.62. The predicted octanol–water partition coefficient (Wildman–Crippen LogP) is 3.03. The molecule has 2 atom stereocenters. The molecule has 2 rings (SSSR count). The lowest BCUT2D eigenvalue weighted by Crippen LogP contribution is -2.21. The van der Waals surface area contributed by atoms with Crippen LogP contribution in [0.15, 0.2) is 24.3 Å². The molecule has 0 spiro atoms. The van der Waals surface area contributed by atoms with Crippen LogP contribution in [0.3, 0.4) is 0 Å². The van der Waals surface area contributed by atoms with Gasteiger partial charge in [0.2, 0.25) is 0 Å². The van der Waals surface area contributed by atoms with E-state index >= 15 is 0 Å². The van der Waals surface area contributed by atoms with E-state index in [1.165, 1.54) is 0 Å². The summed E-state index contributed by atoms with van der Waals surface area (Å²) in [4.78, 5) is 11.9. The molecular formula is C14H15NO. The zero-order chi connectivity index (χ0) is 11.5. The minimum absolute atomic E-state index is 0.0592. The quantitative estimate of drug-likeness (QED) is 0.719. The number of Topliss-reactive ketones (excluding diaryl/α,β-unsaturated/α-hetero) is 1. The summed E-state index contributed by atoms with van der Waals surface area (Å²) in [7, 11) is 0. The highest BCUT2D eigenvalue weighted by Crippen LogP contribution is 2.32. The van der Waals surface area contributed by atoms with Crippen molar-refractivity contribution >= 4 is 5.78 Å². The normalized spacial score (nSPS) is 25.1. The van der Waals surface area contributed by atoms with Gasteiger partial charge >= 0.3 is 0 Å². The van der Waals surface area contributed by atoms with Gasteiger partial charge in [-0.05, 0) is 36.5 Å². The maximum Gasteiger partial charge on any atom is 0.140 e. The molecule has 0 radical (unpaired) electrons. The van der Waals surface area contributed by atoms with Crippen molar-refractivity contribution in [2.24, 2.45) is 5.92 Å². The summed E-state index contributed by atoms with van der Waals surface area (Å²) in [6.45, 7) is 2.13. The fraction of sp³-hybridized carbons (Fsp3) is 0.429. The molecule has 2 nitrogen and oxygen atoms in total. The first-order valence-corrected chi connectivity index (χ1v) is 5.73. The van der Waals surface area contributed by atoms with Gasteiger partial charge in [0.15, 0.2) is 0 Å². The van der Waals surface area contributed by atoms with Gasteiger partial charge in [0.1, 0.15) is 5.78 Å². The van der Waals surface area contributed by atoms with Gasteiger partial charge in [0, 0.05) is 12.3 Å². The Balaban J connectivity index is 2.18. The zero-order valence-electron chi connectivity index (χ0n) is 9.44. The first kappa shape index (κ1) is 10.9. The number of hydrogen-bond acceptors (Lipinski definition) is 2. The Morgan fingerprint density at radius 1 is 1.25 bits per heavy atom. The number of benzene rings is 1. The van der Waals surface area contributed by atoms with Crippen LogP contribution in [0.4, 0.5) is 0 Å². The molecule has 0 heterocycles. The molecule has 0 aromatic heterocycles. The van der Waals surface area contributed by atoms with Gasteiger partial charge in [-0.2, -0.15) is 5.26 Å². The van der Waals surface area contributed by atoms with Gasteiger partial charge in [-0.3, -0.25) is 4.79 Å². The van der Waals surface area contributed by atoms with Crippen LogP contribution >= 0.6 is 0 Å². The second-order valence-electron chi connectivity index (χ2n) is 4.64. The minimum atomic E-state index is 0.0592. The van der Waals surface area contributed by atoms with E-state index < -0.39 is 0 Å². The molecule has 1 aliphatic rings. The van der Waals surface area contributed by atoms with Gasteiger partial charge in [-0.25, -0.2) is 0 Å². The molecule has 0 bridgehead atoms. The molecule has 0 aliphatic heterocycles. The monoisotopic (exact) mass is 213 g/mol. The maximum absolute atomic E-state index is 11.9. The fourth-order valence-corrected chi connectivity index (χ4v) is 2.34. The Morgan fingerprint density at radius 2 is 1.94 bits per heavy atom. The van der Waals surface area contributed by atoms with Gasteiger partial charge in [-0.1, -0.05) is 19.1 Å². The van der Waals surface area contributed by atoms with Gasteiger partial charge in [-0.15, -0.1) is 0 Å². The topological polar surface area (TPSA) is 40.9 Å². The summed E-state index contributed by atoms with van der Waals surface area (Å²) in [6.07, 6.45) is 2.77. The summed E-state index contributed by atoms with van der Waals surface area (Å²) in [6, 6.07) is 9.50. The van der Waals surface area contributed by atoms with E-state index in [1.54, 1.807) is 12.1 Å². The third kappa shape index (κ3) is 2.14. The van der Waals surface area contributed by atoms with Gasteiger partial charge < -0.3 is 0 Å². The van der Waals surface area contributed by atoms with Crippen molar-refractivity contribution in [1.82, 2.24) is 0 Å². The van der Waals surface area contributed by atoms with Crippen molar-refractivity contribution < 1.29 is 4.79 Å². The van der Waals surface area contributed by atoms with Crippen molar-refractivity contribution in [3.8, 4) is 6.07 Å². The second kappa shape index (κ2) is 4.49. The van der Waals surface area contributed by atoms with E-state index in [1.807, 2.05) is 12.1 Å². The number of carbonyl (C=O) groups is 1. The number of rotatable bonds is 1. The molecule has 0 N–H and O–H groups in total. The standard InChI is InChI=1S/C14H15NO/c1-10-2-7-13(14(16)8-10)12-5-3-11(9-15)4-6-12/h3-6,10,13H,2,7-8H2,1H3/t10-,13-/m1/s1. The predicted molar refractivity (Wildman–Crippen MR) is 61.9 cm³/mol. The highest BCUT2D eigenvalue weighted by Gasteiger charge is 2.27. The van der Waals surface area contributed by atoms with E-state index in [-0.39, 0.29) is 5.92 Å². The van der Waals surface area contributed by atoms with Crippen LogP contribution in [0.25, 0.3) is 0 Å². The van der Waals surface area contributed by atoms with Crippen LogP contribution in [0.1, 0.15) is 43.2 Å². The molecule has 1 aromatic carbocycles. The molecule has 1 fully saturated rings. The molecule has 16 heavy (non-hydrogen) atoms. The Bertz CT molecular complexity index is 427. The van der Waals surface area contributed by atoms with Crippen LogP contribution in [-0.4, -0.2) is 5.78 Å². The first-order chi connectivity index (χ1) is 7.70. The molecular weight excluding hydrogens is 198 g/mol. The van der Waals surface area contributed by atoms with E-state index in [4.69, 9.17) is 5.26 Å². The number of nitriles is 1. The van der Waals surface area contributed by atoms with E-state index in [0.717, 1.165) is 18.4 Å². The number of carbonyl (C=O) groups excluding carboxylic acids is 1. The Kier molecular flexibility index (Phi) is 3.05. The summed E-state index contributed by atoms with van der Waals surface area (Å²) >= 11 is 0. The molecule has 1 aliphatic carbocycles. The minimum Gasteiger partial charge on any atom is -0.299 e.